The summed E-state index contributed by atoms with van der Waals surface area (Å²) in [6.45, 7) is 0. The first-order valence-electron chi connectivity index (χ1n) is 11.7. The molecule has 6 rings (SSSR count). The molecule has 1 aliphatic rings. The van der Waals surface area contributed by atoms with Crippen LogP contribution < -0.4 is 15.5 Å². The Morgan fingerprint density at radius 1 is 1.03 bits per heavy atom. The summed E-state index contributed by atoms with van der Waals surface area (Å²) in [6, 6.07) is 13.2. The fourth-order valence-electron chi connectivity index (χ4n) is 4.18. The van der Waals surface area contributed by atoms with Crippen molar-refractivity contribution in [3.05, 3.63) is 107 Å². The zero-order chi connectivity index (χ0) is 25.5. The fourth-order valence-corrected chi connectivity index (χ4v) is 4.18. The number of fused-ring (bicyclic) bond motifs is 1. The summed E-state index contributed by atoms with van der Waals surface area (Å²) < 4.78 is 35.9. The van der Waals surface area contributed by atoms with Crippen LogP contribution in [-0.4, -0.2) is 20.4 Å². The molecule has 0 saturated heterocycles. The van der Waals surface area contributed by atoms with Crippen LogP contribution in [0.2, 0.25) is 0 Å². The van der Waals surface area contributed by atoms with Crippen LogP contribution >= 0.6 is 0 Å². The minimum Gasteiger partial charge on any atom is -0.453 e. The molecule has 3 heterocycles. The molecule has 0 atom stereocenters. The van der Waals surface area contributed by atoms with E-state index < -0.39 is 23.0 Å². The molecular formula is C28H20F2N4O3. The number of anilines is 1. The zero-order valence-corrected chi connectivity index (χ0v) is 19.4. The Morgan fingerprint density at radius 3 is 2.59 bits per heavy atom. The number of pyridine rings is 2. The van der Waals surface area contributed by atoms with Crippen molar-refractivity contribution in [1.82, 2.24) is 14.5 Å². The van der Waals surface area contributed by atoms with Gasteiger partial charge in [0, 0.05) is 48.1 Å². The van der Waals surface area contributed by atoms with E-state index in [1.807, 2.05) is 4.57 Å². The maximum Gasteiger partial charge on any atom is 0.261 e. The number of halogens is 2. The number of hydrogen-bond donors (Lipinski definition) is 2. The highest BCUT2D eigenvalue weighted by Gasteiger charge is 2.26. The van der Waals surface area contributed by atoms with Crippen LogP contribution in [-0.2, 0) is 0 Å². The predicted octanol–water partition coefficient (Wildman–Crippen LogP) is 6.05. The smallest absolute Gasteiger partial charge is 0.261 e. The molecule has 2 aromatic carbocycles. The van der Waals surface area contributed by atoms with Crippen molar-refractivity contribution in [2.75, 3.05) is 5.32 Å². The lowest BCUT2D eigenvalue weighted by Gasteiger charge is -2.13. The summed E-state index contributed by atoms with van der Waals surface area (Å²) >= 11 is 0. The van der Waals surface area contributed by atoms with Gasteiger partial charge < -0.3 is 19.6 Å². The second-order valence-electron chi connectivity index (χ2n) is 8.85. The maximum absolute atomic E-state index is 14.9. The first-order chi connectivity index (χ1) is 18.0. The Labute approximate surface area is 209 Å². The quantitative estimate of drug-likeness (QED) is 0.298. The normalized spacial score (nSPS) is 13.0. The third kappa shape index (κ3) is 4.47. The van der Waals surface area contributed by atoms with Gasteiger partial charge in [0.1, 0.15) is 22.8 Å². The van der Waals surface area contributed by atoms with E-state index in [2.05, 4.69) is 15.3 Å². The third-order valence-corrected chi connectivity index (χ3v) is 6.24. The molecule has 184 valence electrons. The summed E-state index contributed by atoms with van der Waals surface area (Å²) in [5.41, 5.74) is 1.01. The lowest BCUT2D eigenvalue weighted by atomic mass is 10.0. The number of carbonyl (C=O) groups excluding carboxylic acids is 1. The average Bonchev–Trinajstić information content (AvgIpc) is 3.63. The molecule has 9 heteroatoms. The number of ether oxygens (including phenoxy) is 1. The van der Waals surface area contributed by atoms with Gasteiger partial charge in [0.15, 0.2) is 11.6 Å². The molecule has 0 aliphatic heterocycles. The molecule has 1 saturated carbocycles. The van der Waals surface area contributed by atoms with Crippen LogP contribution in [0.1, 0.15) is 29.2 Å². The lowest BCUT2D eigenvalue weighted by Crippen LogP contribution is -2.24. The van der Waals surface area contributed by atoms with Gasteiger partial charge in [-0.3, -0.25) is 9.59 Å². The van der Waals surface area contributed by atoms with Crippen molar-refractivity contribution in [2.24, 2.45) is 0 Å². The number of hydrogen-bond acceptors (Lipinski definition) is 4. The molecule has 0 unspecified atom stereocenters. The van der Waals surface area contributed by atoms with Crippen molar-refractivity contribution in [3.8, 4) is 22.6 Å². The minimum atomic E-state index is -0.686. The van der Waals surface area contributed by atoms with E-state index in [1.165, 1.54) is 42.6 Å². The van der Waals surface area contributed by atoms with Crippen LogP contribution in [0.3, 0.4) is 0 Å². The first-order valence-corrected chi connectivity index (χ1v) is 11.7. The van der Waals surface area contributed by atoms with E-state index in [0.717, 1.165) is 18.9 Å². The fraction of sp³-hybridized carbons (Fsp3) is 0.107. The Bertz CT molecular complexity index is 1710. The zero-order valence-electron chi connectivity index (χ0n) is 19.4. The van der Waals surface area contributed by atoms with Gasteiger partial charge in [-0.2, -0.15) is 0 Å². The highest BCUT2D eigenvalue weighted by Crippen LogP contribution is 2.36. The summed E-state index contributed by atoms with van der Waals surface area (Å²) in [6.07, 6.45) is 8.34. The molecule has 0 bridgehead atoms. The number of nitrogens with zero attached hydrogens (tertiary/aromatic N) is 2. The van der Waals surface area contributed by atoms with Gasteiger partial charge in [0.2, 0.25) is 5.43 Å². The predicted molar refractivity (Wildman–Crippen MR) is 135 cm³/mol. The van der Waals surface area contributed by atoms with E-state index in [4.69, 9.17) is 4.74 Å². The van der Waals surface area contributed by atoms with Crippen molar-refractivity contribution >= 4 is 22.6 Å². The maximum atomic E-state index is 14.9. The second-order valence-corrected chi connectivity index (χ2v) is 8.85. The van der Waals surface area contributed by atoms with Gasteiger partial charge in [-0.25, -0.2) is 13.8 Å². The lowest BCUT2D eigenvalue weighted by molar-refractivity contribution is 0.102. The highest BCUT2D eigenvalue weighted by atomic mass is 19.1. The van der Waals surface area contributed by atoms with Gasteiger partial charge in [0.05, 0.1) is 5.39 Å². The average molecular weight is 498 g/mol. The van der Waals surface area contributed by atoms with Crippen molar-refractivity contribution < 1.29 is 18.3 Å². The number of amides is 1. The first kappa shape index (κ1) is 22.7. The SMILES string of the molecule is O=C(Nc1ccc(Oc2ccnc3[nH]ccc23)c(F)c1)c1cn(C2CC2)cc(-c2ccc(F)cc2)c1=O. The summed E-state index contributed by atoms with van der Waals surface area (Å²) in [5, 5.41) is 3.31. The van der Waals surface area contributed by atoms with E-state index in [-0.39, 0.29) is 23.0 Å². The molecule has 7 nitrogen and oxygen atoms in total. The standard InChI is InChI=1S/C28H20F2N4O3/c29-17-3-1-16(2-4-17)21-14-34(19-6-7-19)15-22(26(21)35)28(36)33-18-5-8-25(23(30)13-18)37-24-10-12-32-27-20(24)9-11-31-27/h1-5,8-15,19H,6-7H2,(H,31,32)(H,33,36). The Morgan fingerprint density at radius 2 is 1.84 bits per heavy atom. The molecule has 1 fully saturated rings. The number of benzene rings is 2. The van der Waals surface area contributed by atoms with Gasteiger partial charge in [-0.1, -0.05) is 12.1 Å². The Balaban J connectivity index is 1.28. The molecule has 0 radical (unpaired) electrons. The van der Waals surface area contributed by atoms with Crippen LogP contribution in [0.15, 0.2) is 84.2 Å². The van der Waals surface area contributed by atoms with Crippen LogP contribution in [0.5, 0.6) is 11.5 Å². The van der Waals surface area contributed by atoms with Gasteiger partial charge in [-0.15, -0.1) is 0 Å². The highest BCUT2D eigenvalue weighted by molar-refractivity contribution is 6.04. The van der Waals surface area contributed by atoms with Crippen molar-refractivity contribution in [1.29, 1.82) is 0 Å². The van der Waals surface area contributed by atoms with Crippen LogP contribution in [0.25, 0.3) is 22.2 Å². The Hall–Kier alpha value is -4.79. The number of carbonyl (C=O) groups is 1. The molecule has 3 aromatic heterocycles. The van der Waals surface area contributed by atoms with E-state index in [0.29, 0.717) is 27.9 Å². The van der Waals surface area contributed by atoms with E-state index >= 15 is 0 Å². The number of H-pyrrole nitrogens is 1. The van der Waals surface area contributed by atoms with Gasteiger partial charge >= 0.3 is 0 Å². The van der Waals surface area contributed by atoms with Crippen LogP contribution in [0, 0.1) is 11.6 Å². The molecule has 5 aromatic rings. The summed E-state index contributed by atoms with van der Waals surface area (Å²) in [5.74, 6) is -1.37. The number of aromatic nitrogens is 3. The number of nitrogens with one attached hydrogen (secondary N) is 2. The van der Waals surface area contributed by atoms with Gasteiger partial charge in [-0.05, 0) is 54.8 Å². The monoisotopic (exact) mass is 498 g/mol. The van der Waals surface area contributed by atoms with Crippen molar-refractivity contribution in [2.45, 2.75) is 18.9 Å². The second kappa shape index (κ2) is 9.02. The van der Waals surface area contributed by atoms with Crippen LogP contribution in [0.4, 0.5) is 14.5 Å². The topological polar surface area (TPSA) is 89.0 Å². The summed E-state index contributed by atoms with van der Waals surface area (Å²) in [4.78, 5) is 33.5. The van der Waals surface area contributed by atoms with Crippen molar-refractivity contribution in [3.63, 3.8) is 0 Å². The summed E-state index contributed by atoms with van der Waals surface area (Å²) in [7, 11) is 0. The van der Waals surface area contributed by atoms with E-state index in [1.54, 1.807) is 30.7 Å². The van der Waals surface area contributed by atoms with Gasteiger partial charge in [0.25, 0.3) is 5.91 Å². The number of rotatable bonds is 6. The molecule has 1 aliphatic carbocycles. The molecule has 0 spiro atoms. The molecule has 37 heavy (non-hydrogen) atoms. The molecule has 2 N–H and O–H groups in total. The van der Waals surface area contributed by atoms with E-state index in [9.17, 15) is 18.4 Å². The Kier molecular flexibility index (Phi) is 5.52. The minimum absolute atomic E-state index is 0.0268. The third-order valence-electron chi connectivity index (χ3n) is 6.24. The number of aromatic amines is 1. The molecule has 1 amide bonds. The molecular weight excluding hydrogens is 478 g/mol. The largest absolute Gasteiger partial charge is 0.453 e.